The van der Waals surface area contributed by atoms with Gasteiger partial charge in [-0.15, -0.1) is 0 Å². The number of aliphatic hydroxyl groups excluding tert-OH is 1. The highest BCUT2D eigenvalue weighted by atomic mass is 16.3. The van der Waals surface area contributed by atoms with Gasteiger partial charge >= 0.3 is 0 Å². The molecule has 0 amide bonds. The van der Waals surface area contributed by atoms with E-state index >= 15 is 0 Å². The molecule has 0 unspecified atom stereocenters. The Morgan fingerprint density at radius 3 is 3.00 bits per heavy atom. The van der Waals surface area contributed by atoms with Crippen LogP contribution in [0, 0.1) is 0 Å². The van der Waals surface area contributed by atoms with Gasteiger partial charge < -0.3 is 5.11 Å². The van der Waals surface area contributed by atoms with E-state index < -0.39 is 0 Å². The molecule has 14 heavy (non-hydrogen) atoms. The molecule has 0 saturated carbocycles. The number of aromatic nitrogens is 2. The first-order valence-corrected chi connectivity index (χ1v) is 5.08. The Bertz CT molecular complexity index is 260. The van der Waals surface area contributed by atoms with E-state index in [9.17, 15) is 0 Å². The van der Waals surface area contributed by atoms with Gasteiger partial charge in [0.15, 0.2) is 0 Å². The quantitative estimate of drug-likeness (QED) is 0.709. The fourth-order valence-corrected chi connectivity index (χ4v) is 1.42. The Hall–Kier alpha value is -0.870. The molecule has 0 saturated heterocycles. The number of likely N-dealkylation sites (N-methyl/N-ethyl adjacent to an activating group) is 1. The van der Waals surface area contributed by atoms with Crippen molar-refractivity contribution in [2.24, 2.45) is 0 Å². The van der Waals surface area contributed by atoms with Crippen LogP contribution >= 0.6 is 0 Å². The topological polar surface area (TPSA) is 52.1 Å². The van der Waals surface area contributed by atoms with E-state index in [2.05, 4.69) is 28.1 Å². The van der Waals surface area contributed by atoms with E-state index in [-0.39, 0.29) is 6.61 Å². The highest BCUT2D eigenvalue weighted by molar-refractivity contribution is 5.08. The van der Waals surface area contributed by atoms with Gasteiger partial charge in [-0.1, -0.05) is 13.3 Å². The van der Waals surface area contributed by atoms with Gasteiger partial charge in [-0.3, -0.25) is 10.00 Å². The third-order valence-electron chi connectivity index (χ3n) is 2.11. The zero-order valence-electron chi connectivity index (χ0n) is 8.95. The van der Waals surface area contributed by atoms with Crippen molar-refractivity contribution >= 4 is 0 Å². The summed E-state index contributed by atoms with van der Waals surface area (Å²) in [7, 11) is 1.98. The molecule has 0 aliphatic heterocycles. The predicted molar refractivity (Wildman–Crippen MR) is 56.0 cm³/mol. The van der Waals surface area contributed by atoms with Gasteiger partial charge in [-0.05, 0) is 19.5 Å². The van der Waals surface area contributed by atoms with E-state index in [0.717, 1.165) is 30.8 Å². The summed E-state index contributed by atoms with van der Waals surface area (Å²) in [6, 6.07) is 2.09. The first kappa shape index (κ1) is 11.2. The molecule has 0 atom stereocenters. The van der Waals surface area contributed by atoms with Crippen LogP contribution in [-0.4, -0.2) is 40.4 Å². The van der Waals surface area contributed by atoms with Crippen LogP contribution in [0.4, 0.5) is 0 Å². The molecule has 2 N–H and O–H groups in total. The molecular formula is C10H19N3O. The number of aryl methyl sites for hydroxylation is 1. The Morgan fingerprint density at radius 2 is 2.36 bits per heavy atom. The van der Waals surface area contributed by atoms with Crippen LogP contribution in [0.3, 0.4) is 0 Å². The molecule has 0 aromatic carbocycles. The van der Waals surface area contributed by atoms with Crippen LogP contribution in [-0.2, 0) is 13.0 Å². The molecule has 1 rings (SSSR count). The maximum absolute atomic E-state index is 8.74. The summed E-state index contributed by atoms with van der Waals surface area (Å²) in [5, 5.41) is 15.9. The summed E-state index contributed by atoms with van der Waals surface area (Å²) in [6.07, 6.45) is 2.15. The van der Waals surface area contributed by atoms with E-state index in [1.165, 1.54) is 0 Å². The maximum Gasteiger partial charge on any atom is 0.0625 e. The Kier molecular flexibility index (Phi) is 4.62. The Morgan fingerprint density at radius 1 is 1.57 bits per heavy atom. The van der Waals surface area contributed by atoms with E-state index in [4.69, 9.17) is 5.11 Å². The summed E-state index contributed by atoms with van der Waals surface area (Å²) >= 11 is 0. The zero-order chi connectivity index (χ0) is 10.4. The monoisotopic (exact) mass is 197 g/mol. The molecule has 0 fully saturated rings. The molecule has 0 spiro atoms. The van der Waals surface area contributed by atoms with Gasteiger partial charge in [0.05, 0.1) is 12.3 Å². The number of aliphatic hydroxyl groups is 1. The lowest BCUT2D eigenvalue weighted by Gasteiger charge is -2.12. The second kappa shape index (κ2) is 5.78. The van der Waals surface area contributed by atoms with Gasteiger partial charge in [0.2, 0.25) is 0 Å². The van der Waals surface area contributed by atoms with Crippen molar-refractivity contribution in [3.05, 3.63) is 17.5 Å². The maximum atomic E-state index is 8.74. The van der Waals surface area contributed by atoms with Crippen molar-refractivity contribution in [2.75, 3.05) is 20.2 Å². The van der Waals surface area contributed by atoms with Crippen molar-refractivity contribution in [3.63, 3.8) is 0 Å². The van der Waals surface area contributed by atoms with Crippen molar-refractivity contribution in [3.8, 4) is 0 Å². The summed E-state index contributed by atoms with van der Waals surface area (Å²) in [6.45, 7) is 3.86. The second-order valence-electron chi connectivity index (χ2n) is 3.60. The molecular weight excluding hydrogens is 178 g/mol. The standard InChI is InChI=1S/C10H19N3O/c1-3-4-9-7-10(12-11-9)8-13(2)5-6-14/h7,14H,3-6,8H2,1-2H3,(H,11,12). The van der Waals surface area contributed by atoms with E-state index in [0.29, 0.717) is 6.54 Å². The summed E-state index contributed by atoms with van der Waals surface area (Å²) in [4.78, 5) is 2.06. The minimum Gasteiger partial charge on any atom is -0.395 e. The number of hydrogen-bond acceptors (Lipinski definition) is 3. The molecule has 0 radical (unpaired) electrons. The number of nitrogens with zero attached hydrogens (tertiary/aromatic N) is 2. The van der Waals surface area contributed by atoms with Crippen LogP contribution in [0.25, 0.3) is 0 Å². The van der Waals surface area contributed by atoms with Crippen molar-refractivity contribution in [2.45, 2.75) is 26.3 Å². The molecule has 1 aromatic rings. The lowest BCUT2D eigenvalue weighted by Crippen LogP contribution is -2.21. The predicted octanol–water partition coefficient (Wildman–Crippen LogP) is 0.786. The summed E-state index contributed by atoms with van der Waals surface area (Å²) in [5.41, 5.74) is 2.24. The van der Waals surface area contributed by atoms with Crippen molar-refractivity contribution < 1.29 is 5.11 Å². The lowest BCUT2D eigenvalue weighted by molar-refractivity contribution is 0.216. The highest BCUT2D eigenvalue weighted by Crippen LogP contribution is 2.04. The summed E-state index contributed by atoms with van der Waals surface area (Å²) in [5.74, 6) is 0. The average molecular weight is 197 g/mol. The van der Waals surface area contributed by atoms with Crippen LogP contribution in [0.2, 0.25) is 0 Å². The number of aromatic amines is 1. The van der Waals surface area contributed by atoms with Crippen molar-refractivity contribution in [1.82, 2.24) is 15.1 Å². The fourth-order valence-electron chi connectivity index (χ4n) is 1.42. The number of rotatable bonds is 6. The van der Waals surface area contributed by atoms with Crippen molar-refractivity contribution in [1.29, 1.82) is 0 Å². The number of nitrogens with one attached hydrogen (secondary N) is 1. The third kappa shape index (κ3) is 3.47. The fraction of sp³-hybridized carbons (Fsp3) is 0.700. The molecule has 4 nitrogen and oxygen atoms in total. The van der Waals surface area contributed by atoms with Gasteiger partial charge in [0.25, 0.3) is 0 Å². The lowest BCUT2D eigenvalue weighted by atomic mass is 10.2. The SMILES string of the molecule is CCCc1cc(CN(C)CCO)[nH]n1. The first-order valence-electron chi connectivity index (χ1n) is 5.08. The number of H-pyrrole nitrogens is 1. The zero-order valence-corrected chi connectivity index (χ0v) is 8.95. The van der Waals surface area contributed by atoms with E-state index in [1.807, 2.05) is 7.05 Å². The molecule has 80 valence electrons. The van der Waals surface area contributed by atoms with Crippen LogP contribution in [0.15, 0.2) is 6.07 Å². The van der Waals surface area contributed by atoms with Crippen LogP contribution in [0.1, 0.15) is 24.7 Å². The Balaban J connectivity index is 2.42. The molecule has 1 aromatic heterocycles. The molecule has 1 heterocycles. The minimum atomic E-state index is 0.201. The average Bonchev–Trinajstić information content (AvgIpc) is 2.53. The highest BCUT2D eigenvalue weighted by Gasteiger charge is 2.03. The van der Waals surface area contributed by atoms with Crippen LogP contribution < -0.4 is 0 Å². The summed E-state index contributed by atoms with van der Waals surface area (Å²) < 4.78 is 0. The van der Waals surface area contributed by atoms with Gasteiger partial charge in [-0.25, -0.2) is 0 Å². The molecule has 0 bridgehead atoms. The normalized spacial score (nSPS) is 11.1. The first-order chi connectivity index (χ1) is 6.76. The van der Waals surface area contributed by atoms with Gasteiger partial charge in [-0.2, -0.15) is 5.10 Å². The van der Waals surface area contributed by atoms with Gasteiger partial charge in [0.1, 0.15) is 0 Å². The molecule has 0 aliphatic rings. The smallest absolute Gasteiger partial charge is 0.0625 e. The molecule has 0 aliphatic carbocycles. The minimum absolute atomic E-state index is 0.201. The second-order valence-corrected chi connectivity index (χ2v) is 3.60. The van der Waals surface area contributed by atoms with Gasteiger partial charge in [0, 0.05) is 18.8 Å². The van der Waals surface area contributed by atoms with E-state index in [1.54, 1.807) is 0 Å². The Labute approximate surface area is 84.9 Å². The largest absolute Gasteiger partial charge is 0.395 e. The molecule has 4 heteroatoms. The van der Waals surface area contributed by atoms with Crippen LogP contribution in [0.5, 0.6) is 0 Å². The third-order valence-corrected chi connectivity index (χ3v) is 2.11. The number of hydrogen-bond donors (Lipinski definition) is 2.